The molecule has 3 aromatic carbocycles. The van der Waals surface area contributed by atoms with Gasteiger partial charge in [0.1, 0.15) is 11.3 Å². The van der Waals surface area contributed by atoms with Gasteiger partial charge in [0.05, 0.1) is 27.8 Å². The number of rotatable bonds is 6. The van der Waals surface area contributed by atoms with Crippen LogP contribution in [0, 0.1) is 3.57 Å². The Balaban J connectivity index is 1.56. The first-order valence-electron chi connectivity index (χ1n) is 10.6. The third-order valence-corrected chi connectivity index (χ3v) is 6.09. The van der Waals surface area contributed by atoms with Crippen LogP contribution in [0.5, 0.6) is 5.75 Å². The predicted octanol–water partition coefficient (Wildman–Crippen LogP) is 4.85. The van der Waals surface area contributed by atoms with Crippen molar-refractivity contribution in [1.82, 2.24) is 9.66 Å². The molecule has 0 unspecified atom stereocenters. The smallest absolute Gasteiger partial charge is 0.343 e. The number of hydrogen-bond donors (Lipinski definition) is 0. The Bertz CT molecular complexity index is 1620. The molecule has 0 bridgehead atoms. The summed E-state index contributed by atoms with van der Waals surface area (Å²) in [5, 5.41) is 5.82. The minimum atomic E-state index is -0.465. The molecule has 0 N–H and O–H groups in total. The van der Waals surface area contributed by atoms with E-state index in [-0.39, 0.29) is 12.2 Å². The van der Waals surface area contributed by atoms with Crippen LogP contribution in [-0.4, -0.2) is 35.6 Å². The van der Waals surface area contributed by atoms with Gasteiger partial charge in [-0.1, -0.05) is 30.3 Å². The van der Waals surface area contributed by atoms with Crippen LogP contribution in [0.25, 0.3) is 33.5 Å². The predicted molar refractivity (Wildman–Crippen MR) is 141 cm³/mol. The van der Waals surface area contributed by atoms with Crippen molar-refractivity contribution in [3.05, 3.63) is 92.3 Å². The number of benzene rings is 3. The Morgan fingerprint density at radius 2 is 1.91 bits per heavy atom. The SMILES string of the molecule is COC(=O)COc1ccc(C=Nn2c(-c3cc4ccccc4o3)nc3ccccc3c2=O)cc1I. The highest BCUT2D eigenvalue weighted by Gasteiger charge is 2.16. The van der Waals surface area contributed by atoms with Crippen molar-refractivity contribution < 1.29 is 18.7 Å². The molecule has 0 aliphatic heterocycles. The summed E-state index contributed by atoms with van der Waals surface area (Å²) >= 11 is 2.11. The highest BCUT2D eigenvalue weighted by Crippen LogP contribution is 2.27. The van der Waals surface area contributed by atoms with Crippen molar-refractivity contribution in [3.63, 3.8) is 0 Å². The molecule has 0 saturated heterocycles. The van der Waals surface area contributed by atoms with Gasteiger partial charge in [0.25, 0.3) is 5.56 Å². The van der Waals surface area contributed by atoms with Crippen molar-refractivity contribution in [2.45, 2.75) is 0 Å². The zero-order chi connectivity index (χ0) is 24.4. The van der Waals surface area contributed by atoms with Gasteiger partial charge in [0, 0.05) is 5.39 Å². The molecule has 0 fully saturated rings. The van der Waals surface area contributed by atoms with Crippen molar-refractivity contribution in [2.24, 2.45) is 5.10 Å². The average molecular weight is 579 g/mol. The first kappa shape index (κ1) is 22.8. The highest BCUT2D eigenvalue weighted by molar-refractivity contribution is 14.1. The van der Waals surface area contributed by atoms with Gasteiger partial charge in [-0.05, 0) is 70.6 Å². The molecule has 0 saturated carbocycles. The number of methoxy groups -OCH3 is 1. The largest absolute Gasteiger partial charge is 0.481 e. The van der Waals surface area contributed by atoms with Crippen molar-refractivity contribution >= 4 is 56.6 Å². The summed E-state index contributed by atoms with van der Waals surface area (Å²) < 4.78 is 18.1. The number of para-hydroxylation sites is 2. The summed E-state index contributed by atoms with van der Waals surface area (Å²) in [6.45, 7) is -0.182. The molecule has 8 nitrogen and oxygen atoms in total. The lowest BCUT2D eigenvalue weighted by atomic mass is 10.2. The molecule has 0 aliphatic rings. The second-order valence-corrected chi connectivity index (χ2v) is 8.68. The van der Waals surface area contributed by atoms with Crippen LogP contribution in [0.4, 0.5) is 0 Å². The Kier molecular flexibility index (Phi) is 6.32. The van der Waals surface area contributed by atoms with Crippen molar-refractivity contribution in [2.75, 3.05) is 13.7 Å². The molecular weight excluding hydrogens is 561 g/mol. The summed E-state index contributed by atoms with van der Waals surface area (Å²) in [5.41, 5.74) is 1.67. The molecule has 0 spiro atoms. The number of esters is 1. The third kappa shape index (κ3) is 4.67. The van der Waals surface area contributed by atoms with Crippen molar-refractivity contribution in [3.8, 4) is 17.3 Å². The number of carbonyl (C=O) groups excluding carboxylic acids is 1. The van der Waals surface area contributed by atoms with E-state index in [2.05, 4.69) is 37.4 Å². The van der Waals surface area contributed by atoms with E-state index >= 15 is 0 Å². The number of ether oxygens (including phenoxy) is 2. The topological polar surface area (TPSA) is 95.9 Å². The first-order chi connectivity index (χ1) is 17.0. The third-order valence-electron chi connectivity index (χ3n) is 5.25. The zero-order valence-electron chi connectivity index (χ0n) is 18.5. The van der Waals surface area contributed by atoms with Gasteiger partial charge in [-0.3, -0.25) is 4.79 Å². The number of aromatic nitrogens is 2. The van der Waals surface area contributed by atoms with Crippen LogP contribution in [0.3, 0.4) is 0 Å². The van der Waals surface area contributed by atoms with Crippen LogP contribution < -0.4 is 10.3 Å². The minimum absolute atomic E-state index is 0.182. The van der Waals surface area contributed by atoms with Gasteiger partial charge in [-0.2, -0.15) is 9.78 Å². The Morgan fingerprint density at radius 1 is 1.11 bits per heavy atom. The van der Waals surface area contributed by atoms with Crippen LogP contribution >= 0.6 is 22.6 Å². The minimum Gasteiger partial charge on any atom is -0.481 e. The normalized spacial score (nSPS) is 11.4. The van der Waals surface area contributed by atoms with Crippen LogP contribution in [0.15, 0.2) is 87.1 Å². The van der Waals surface area contributed by atoms with E-state index in [1.54, 1.807) is 36.5 Å². The zero-order valence-corrected chi connectivity index (χ0v) is 20.6. The molecule has 2 aromatic heterocycles. The summed E-state index contributed by atoms with van der Waals surface area (Å²) in [4.78, 5) is 29.4. The number of carbonyl (C=O) groups is 1. The summed E-state index contributed by atoms with van der Waals surface area (Å²) in [6, 6.07) is 21.9. The van der Waals surface area contributed by atoms with E-state index in [4.69, 9.17) is 9.15 Å². The quantitative estimate of drug-likeness (QED) is 0.162. The van der Waals surface area contributed by atoms with Gasteiger partial charge >= 0.3 is 5.97 Å². The van der Waals surface area contributed by atoms with Crippen molar-refractivity contribution in [1.29, 1.82) is 0 Å². The maximum atomic E-state index is 13.4. The number of nitrogens with zero attached hydrogens (tertiary/aromatic N) is 3. The fourth-order valence-corrected chi connectivity index (χ4v) is 4.21. The lowest BCUT2D eigenvalue weighted by Crippen LogP contribution is -2.20. The van der Waals surface area contributed by atoms with Gasteiger partial charge in [0.15, 0.2) is 12.4 Å². The first-order valence-corrected chi connectivity index (χ1v) is 11.7. The number of furan rings is 1. The van der Waals surface area contributed by atoms with Gasteiger partial charge < -0.3 is 13.9 Å². The molecule has 0 atom stereocenters. The fraction of sp³-hybridized carbons (Fsp3) is 0.0769. The maximum Gasteiger partial charge on any atom is 0.343 e. The van der Waals surface area contributed by atoms with E-state index in [0.29, 0.717) is 33.8 Å². The molecule has 2 heterocycles. The van der Waals surface area contributed by atoms with Gasteiger partial charge in [-0.25, -0.2) is 9.78 Å². The molecule has 0 radical (unpaired) electrons. The Labute approximate surface area is 212 Å². The van der Waals surface area contributed by atoms with Gasteiger partial charge in [-0.15, -0.1) is 0 Å². The lowest BCUT2D eigenvalue weighted by molar-refractivity contribution is -0.142. The monoisotopic (exact) mass is 579 g/mol. The Hall–Kier alpha value is -3.99. The molecule has 0 aliphatic carbocycles. The van der Waals surface area contributed by atoms with E-state index in [9.17, 15) is 9.59 Å². The Morgan fingerprint density at radius 3 is 2.71 bits per heavy atom. The number of fused-ring (bicyclic) bond motifs is 2. The van der Waals surface area contributed by atoms with E-state index in [1.807, 2.05) is 42.5 Å². The molecule has 9 heteroatoms. The molecule has 0 amide bonds. The summed E-state index contributed by atoms with van der Waals surface area (Å²) in [7, 11) is 1.30. The van der Waals surface area contributed by atoms with Crippen LogP contribution in [-0.2, 0) is 9.53 Å². The maximum absolute atomic E-state index is 13.4. The highest BCUT2D eigenvalue weighted by atomic mass is 127. The number of hydrogen-bond acceptors (Lipinski definition) is 7. The second-order valence-electron chi connectivity index (χ2n) is 7.52. The molecule has 174 valence electrons. The average Bonchev–Trinajstić information content (AvgIpc) is 3.31. The van der Waals surface area contributed by atoms with Gasteiger partial charge in [0.2, 0.25) is 5.82 Å². The lowest BCUT2D eigenvalue weighted by Gasteiger charge is -2.08. The molecule has 5 aromatic rings. The van der Waals surface area contributed by atoms with E-state index < -0.39 is 5.97 Å². The molecule has 35 heavy (non-hydrogen) atoms. The summed E-state index contributed by atoms with van der Waals surface area (Å²) in [5.74, 6) is 0.814. The fourth-order valence-electron chi connectivity index (χ4n) is 3.52. The molecule has 5 rings (SSSR count). The summed E-state index contributed by atoms with van der Waals surface area (Å²) in [6.07, 6.45) is 1.57. The number of halogens is 1. The van der Waals surface area contributed by atoms with E-state index in [1.165, 1.54) is 11.8 Å². The second kappa shape index (κ2) is 9.71. The van der Waals surface area contributed by atoms with E-state index in [0.717, 1.165) is 14.5 Å². The van der Waals surface area contributed by atoms with Crippen LogP contribution in [0.1, 0.15) is 5.56 Å². The standard InChI is InChI=1S/C26H18IN3O5/c1-33-24(31)15-34-22-11-10-16(12-19(22)27)14-28-30-25(23-13-17-6-2-5-9-21(17)35-23)29-20-8-4-3-7-18(20)26(30)32/h2-14H,15H2,1H3. The van der Waals surface area contributed by atoms with Crippen LogP contribution in [0.2, 0.25) is 0 Å². The molecular formula is C26H18IN3O5.